The molecule has 1 fully saturated rings. The first-order chi connectivity index (χ1) is 9.11. The van der Waals surface area contributed by atoms with Crippen LogP contribution in [0.1, 0.15) is 44.7 Å². The van der Waals surface area contributed by atoms with Crippen LogP contribution in [0, 0.1) is 5.82 Å². The summed E-state index contributed by atoms with van der Waals surface area (Å²) < 4.78 is 19.8. The van der Waals surface area contributed by atoms with E-state index in [0.29, 0.717) is 10.6 Å². The predicted octanol–water partition coefficient (Wildman–Crippen LogP) is 4.20. The van der Waals surface area contributed by atoms with E-state index >= 15 is 0 Å². The molecule has 3 unspecified atom stereocenters. The Morgan fingerprint density at radius 3 is 2.84 bits per heavy atom. The van der Waals surface area contributed by atoms with Gasteiger partial charge in [0.15, 0.2) is 0 Å². The molecule has 1 heterocycles. The Kier molecular flexibility index (Phi) is 5.37. The Morgan fingerprint density at radius 2 is 2.26 bits per heavy atom. The van der Waals surface area contributed by atoms with Gasteiger partial charge in [0.05, 0.1) is 22.7 Å². The first-order valence-corrected chi connectivity index (χ1v) is 7.75. The normalized spacial score (nSPS) is 24.6. The quantitative estimate of drug-likeness (QED) is 0.874. The van der Waals surface area contributed by atoms with Crippen molar-refractivity contribution in [3.8, 4) is 0 Å². The van der Waals surface area contributed by atoms with E-state index in [9.17, 15) is 4.39 Å². The number of halogens is 2. The Balaban J connectivity index is 2.18. The third kappa shape index (κ3) is 3.77. The number of hydrogen-bond acceptors (Lipinski definition) is 2. The molecule has 2 rings (SSSR count). The van der Waals surface area contributed by atoms with Gasteiger partial charge in [-0.05, 0) is 66.4 Å². The van der Waals surface area contributed by atoms with E-state index in [1.807, 2.05) is 12.1 Å². The fraction of sp³-hybridized carbons (Fsp3) is 0.600. The van der Waals surface area contributed by atoms with E-state index < -0.39 is 0 Å². The molecule has 19 heavy (non-hydrogen) atoms. The van der Waals surface area contributed by atoms with Gasteiger partial charge in [-0.1, -0.05) is 13.0 Å². The minimum atomic E-state index is -0.223. The van der Waals surface area contributed by atoms with Crippen molar-refractivity contribution in [2.24, 2.45) is 0 Å². The summed E-state index contributed by atoms with van der Waals surface area (Å²) in [7, 11) is 0. The van der Waals surface area contributed by atoms with E-state index in [0.717, 1.165) is 31.4 Å². The molecule has 0 amide bonds. The maximum absolute atomic E-state index is 13.4. The number of benzene rings is 1. The second kappa shape index (κ2) is 6.82. The van der Waals surface area contributed by atoms with Crippen molar-refractivity contribution in [1.29, 1.82) is 0 Å². The lowest BCUT2D eigenvalue weighted by Gasteiger charge is -2.25. The molecule has 0 aliphatic carbocycles. The lowest BCUT2D eigenvalue weighted by atomic mass is 9.99. The molecule has 1 aromatic rings. The van der Waals surface area contributed by atoms with Crippen molar-refractivity contribution in [1.82, 2.24) is 5.32 Å². The average Bonchev–Trinajstić information content (AvgIpc) is 2.80. The van der Waals surface area contributed by atoms with Gasteiger partial charge in [-0.15, -0.1) is 0 Å². The van der Waals surface area contributed by atoms with Crippen LogP contribution in [-0.4, -0.2) is 18.8 Å². The molecule has 106 valence electrons. The molecule has 3 atom stereocenters. The van der Waals surface area contributed by atoms with Gasteiger partial charge >= 0.3 is 0 Å². The Labute approximate surface area is 122 Å². The zero-order valence-corrected chi connectivity index (χ0v) is 13.0. The number of hydrogen-bond donors (Lipinski definition) is 1. The van der Waals surface area contributed by atoms with Crippen LogP contribution < -0.4 is 5.32 Å². The zero-order chi connectivity index (χ0) is 13.8. The van der Waals surface area contributed by atoms with Crippen LogP contribution in [0.5, 0.6) is 0 Å². The maximum atomic E-state index is 13.4. The van der Waals surface area contributed by atoms with Crippen molar-refractivity contribution in [2.75, 3.05) is 6.54 Å². The summed E-state index contributed by atoms with van der Waals surface area (Å²) in [5.41, 5.74) is 1.08. The van der Waals surface area contributed by atoms with Gasteiger partial charge < -0.3 is 10.1 Å². The second-order valence-electron chi connectivity index (χ2n) is 5.17. The molecule has 0 saturated carbocycles. The molecule has 2 nitrogen and oxygen atoms in total. The number of ether oxygens (including phenoxy) is 1. The molecule has 1 aromatic carbocycles. The van der Waals surface area contributed by atoms with Gasteiger partial charge in [0.1, 0.15) is 5.82 Å². The van der Waals surface area contributed by atoms with Crippen LogP contribution >= 0.6 is 15.9 Å². The summed E-state index contributed by atoms with van der Waals surface area (Å²) in [5, 5.41) is 3.53. The van der Waals surface area contributed by atoms with Gasteiger partial charge in [0.2, 0.25) is 0 Å². The lowest BCUT2D eigenvalue weighted by molar-refractivity contribution is 0.0316. The van der Waals surface area contributed by atoms with Gasteiger partial charge in [-0.25, -0.2) is 4.39 Å². The van der Waals surface area contributed by atoms with E-state index in [-0.39, 0.29) is 18.0 Å². The maximum Gasteiger partial charge on any atom is 0.137 e. The molecule has 4 heteroatoms. The fourth-order valence-corrected chi connectivity index (χ4v) is 2.94. The first kappa shape index (κ1) is 14.9. The Morgan fingerprint density at radius 1 is 1.47 bits per heavy atom. The van der Waals surface area contributed by atoms with Crippen LogP contribution in [0.2, 0.25) is 0 Å². The summed E-state index contributed by atoms with van der Waals surface area (Å²) >= 11 is 3.26. The van der Waals surface area contributed by atoms with Gasteiger partial charge in [-0.2, -0.15) is 0 Å². The van der Waals surface area contributed by atoms with Gasteiger partial charge in [0.25, 0.3) is 0 Å². The molecule has 1 N–H and O–H groups in total. The van der Waals surface area contributed by atoms with Crippen molar-refractivity contribution in [3.05, 3.63) is 34.1 Å². The van der Waals surface area contributed by atoms with Crippen LogP contribution in [0.15, 0.2) is 22.7 Å². The van der Waals surface area contributed by atoms with Crippen LogP contribution in [0.25, 0.3) is 0 Å². The van der Waals surface area contributed by atoms with Crippen molar-refractivity contribution in [3.63, 3.8) is 0 Å². The molecule has 0 bridgehead atoms. The third-order valence-corrected chi connectivity index (χ3v) is 4.16. The molecular weight excluding hydrogens is 309 g/mol. The van der Waals surface area contributed by atoms with E-state index in [4.69, 9.17) is 4.74 Å². The standard InChI is InChI=1S/C15H21BrFNO/c1-3-8-18-15(14-7-4-10(2)19-14)11-5-6-13(17)12(16)9-11/h5-6,9-10,14-15,18H,3-4,7-8H2,1-2H3. The average molecular weight is 330 g/mol. The summed E-state index contributed by atoms with van der Waals surface area (Å²) in [6.07, 6.45) is 3.72. The molecule has 0 spiro atoms. The van der Waals surface area contributed by atoms with Crippen LogP contribution in [0.4, 0.5) is 4.39 Å². The van der Waals surface area contributed by atoms with Crippen LogP contribution in [0.3, 0.4) is 0 Å². The monoisotopic (exact) mass is 329 g/mol. The number of rotatable bonds is 5. The highest BCUT2D eigenvalue weighted by atomic mass is 79.9. The number of nitrogens with one attached hydrogen (secondary N) is 1. The smallest absolute Gasteiger partial charge is 0.137 e. The largest absolute Gasteiger partial charge is 0.373 e. The summed E-state index contributed by atoms with van der Waals surface area (Å²) in [4.78, 5) is 0. The molecule has 1 saturated heterocycles. The highest BCUT2D eigenvalue weighted by molar-refractivity contribution is 9.10. The van der Waals surface area contributed by atoms with E-state index in [2.05, 4.69) is 35.1 Å². The Hall–Kier alpha value is -0.450. The highest BCUT2D eigenvalue weighted by Crippen LogP contribution is 2.31. The zero-order valence-electron chi connectivity index (χ0n) is 11.5. The predicted molar refractivity (Wildman–Crippen MR) is 78.7 cm³/mol. The molecule has 0 aromatic heterocycles. The lowest BCUT2D eigenvalue weighted by Crippen LogP contribution is -2.32. The molecule has 1 aliphatic heterocycles. The minimum Gasteiger partial charge on any atom is -0.373 e. The first-order valence-electron chi connectivity index (χ1n) is 6.95. The van der Waals surface area contributed by atoms with Crippen molar-refractivity contribution < 1.29 is 9.13 Å². The fourth-order valence-electron chi connectivity index (χ4n) is 2.55. The second-order valence-corrected chi connectivity index (χ2v) is 6.02. The topological polar surface area (TPSA) is 21.3 Å². The highest BCUT2D eigenvalue weighted by Gasteiger charge is 2.30. The van der Waals surface area contributed by atoms with Gasteiger partial charge in [0, 0.05) is 0 Å². The molecular formula is C15H21BrFNO. The molecule has 0 radical (unpaired) electrons. The van der Waals surface area contributed by atoms with E-state index in [1.54, 1.807) is 0 Å². The molecule has 1 aliphatic rings. The van der Waals surface area contributed by atoms with Crippen molar-refractivity contribution >= 4 is 15.9 Å². The third-order valence-electron chi connectivity index (χ3n) is 3.55. The SMILES string of the molecule is CCCNC(c1ccc(F)c(Br)c1)C1CCC(C)O1. The Bertz CT molecular complexity index is 427. The van der Waals surface area contributed by atoms with Crippen LogP contribution in [-0.2, 0) is 4.74 Å². The van der Waals surface area contributed by atoms with E-state index in [1.165, 1.54) is 6.07 Å². The minimum absolute atomic E-state index is 0.141. The van der Waals surface area contributed by atoms with Crippen molar-refractivity contribution in [2.45, 2.75) is 51.4 Å². The summed E-state index contributed by atoms with van der Waals surface area (Å²) in [5.74, 6) is -0.223. The summed E-state index contributed by atoms with van der Waals surface area (Å²) in [6, 6.07) is 5.36. The van der Waals surface area contributed by atoms with Gasteiger partial charge in [-0.3, -0.25) is 0 Å². The summed E-state index contributed by atoms with van der Waals surface area (Å²) in [6.45, 7) is 5.19.